The normalized spacial score (nSPS) is 28.2. The number of pyridine rings is 1. The fourth-order valence-electron chi connectivity index (χ4n) is 2.41. The van der Waals surface area contributed by atoms with Crippen LogP contribution in [-0.4, -0.2) is 11.6 Å². The van der Waals surface area contributed by atoms with E-state index < -0.39 is 6.49 Å². The molecule has 2 aromatic rings. The first kappa shape index (κ1) is 14.9. The molecule has 3 rings (SSSR count). The van der Waals surface area contributed by atoms with Crippen molar-refractivity contribution < 1.29 is 9.05 Å². The third-order valence-electron chi connectivity index (χ3n) is 3.59. The van der Waals surface area contributed by atoms with E-state index in [-0.39, 0.29) is 11.5 Å². The van der Waals surface area contributed by atoms with Crippen LogP contribution < -0.4 is 5.44 Å². The summed E-state index contributed by atoms with van der Waals surface area (Å²) < 4.78 is 12.3. The van der Waals surface area contributed by atoms with Crippen molar-refractivity contribution in [1.29, 1.82) is 0 Å². The van der Waals surface area contributed by atoms with Crippen molar-refractivity contribution in [3.63, 3.8) is 0 Å². The van der Waals surface area contributed by atoms with Crippen LogP contribution in [0, 0.1) is 5.41 Å². The zero-order chi connectivity index (χ0) is 14.9. The zero-order valence-corrected chi connectivity index (χ0v) is 13.8. The van der Waals surface area contributed by atoms with Crippen LogP contribution >= 0.6 is 6.49 Å². The molecule has 0 radical (unpaired) electrons. The Morgan fingerprint density at radius 3 is 2.52 bits per heavy atom. The number of hydrogen-bond donors (Lipinski definition) is 0. The molecule has 0 saturated carbocycles. The first-order valence-corrected chi connectivity index (χ1v) is 9.55. The van der Waals surface area contributed by atoms with Crippen LogP contribution in [0.3, 0.4) is 0 Å². The van der Waals surface area contributed by atoms with Gasteiger partial charge in [-0.25, -0.2) is 0 Å². The molecule has 0 bridgehead atoms. The van der Waals surface area contributed by atoms with E-state index in [1.807, 2.05) is 36.4 Å². The van der Waals surface area contributed by atoms with E-state index in [1.54, 1.807) is 6.20 Å². The van der Waals surface area contributed by atoms with Crippen molar-refractivity contribution in [3.8, 4) is 0 Å². The second-order valence-electron chi connectivity index (χ2n) is 5.84. The van der Waals surface area contributed by atoms with Crippen LogP contribution in [-0.2, 0) is 20.9 Å². The highest BCUT2D eigenvalue weighted by Crippen LogP contribution is 2.59. The zero-order valence-electron chi connectivity index (χ0n) is 12.1. The van der Waals surface area contributed by atoms with Crippen molar-refractivity contribution in [2.24, 2.45) is 5.41 Å². The van der Waals surface area contributed by atoms with Crippen LogP contribution in [0.15, 0.2) is 54.7 Å². The smallest absolute Gasteiger partial charge is 0.238 e. The number of hydrogen-bond acceptors (Lipinski definition) is 4. The molecule has 110 valence electrons. The van der Waals surface area contributed by atoms with E-state index in [4.69, 9.17) is 20.9 Å². The lowest BCUT2D eigenvalue weighted by Crippen LogP contribution is -2.35. The molecule has 1 aromatic heterocycles. The van der Waals surface area contributed by atoms with Crippen LogP contribution in [0.2, 0.25) is 0 Å². The first-order valence-electron chi connectivity index (χ1n) is 6.91. The molecule has 2 atom stereocenters. The van der Waals surface area contributed by atoms with Crippen LogP contribution in [0.4, 0.5) is 0 Å². The summed E-state index contributed by atoms with van der Waals surface area (Å²) in [7, 11) is 0. The fourth-order valence-corrected chi connectivity index (χ4v) is 5.12. The van der Waals surface area contributed by atoms with Gasteiger partial charge in [0.15, 0.2) is 0 Å². The van der Waals surface area contributed by atoms with E-state index in [2.05, 4.69) is 31.0 Å². The highest BCUT2D eigenvalue weighted by Gasteiger charge is 2.43. The minimum atomic E-state index is -2.55. The van der Waals surface area contributed by atoms with E-state index >= 15 is 0 Å². The maximum absolute atomic E-state index is 6.30. The summed E-state index contributed by atoms with van der Waals surface area (Å²) in [6.07, 6.45) is 1.65. The summed E-state index contributed by atoms with van der Waals surface area (Å²) in [6, 6.07) is 15.9. The molecule has 3 nitrogen and oxygen atoms in total. The molecule has 0 amide bonds. The average Bonchev–Trinajstić information content (AvgIpc) is 2.52. The third kappa shape index (κ3) is 2.95. The predicted octanol–water partition coefficient (Wildman–Crippen LogP) is 3.83. The highest BCUT2D eigenvalue weighted by molar-refractivity contribution is 8.13. The van der Waals surface area contributed by atoms with Gasteiger partial charge in [-0.2, -0.15) is 0 Å². The Bertz CT molecular complexity index is 660. The van der Waals surface area contributed by atoms with Crippen molar-refractivity contribution in [1.82, 2.24) is 4.98 Å². The topological polar surface area (TPSA) is 31.4 Å². The minimum absolute atomic E-state index is 0.0831. The van der Waals surface area contributed by atoms with E-state index in [0.717, 1.165) is 11.0 Å². The molecule has 0 spiro atoms. The molecule has 1 aliphatic rings. The third-order valence-corrected chi connectivity index (χ3v) is 6.51. The molecular formula is C16H18NO2PS. The van der Waals surface area contributed by atoms with Gasteiger partial charge in [-0.3, -0.25) is 4.98 Å². The van der Waals surface area contributed by atoms with Gasteiger partial charge in [0.2, 0.25) is 6.49 Å². The van der Waals surface area contributed by atoms with Gasteiger partial charge in [0.25, 0.3) is 0 Å². The van der Waals surface area contributed by atoms with Crippen LogP contribution in [0.25, 0.3) is 0 Å². The standard InChI is InChI=1S/C16H18NO2PS/c1-16(2)12-18-20(21,14-10-6-7-11-17-14)19-15(16)13-8-4-3-5-9-13/h3-11,15H,12H2,1-2H3/t15-,20?/m1/s1. The molecular weight excluding hydrogens is 301 g/mol. The molecule has 1 unspecified atom stereocenters. The van der Waals surface area contributed by atoms with E-state index in [9.17, 15) is 0 Å². The fraction of sp³-hybridized carbons (Fsp3) is 0.312. The maximum atomic E-state index is 6.30. The van der Waals surface area contributed by atoms with Crippen molar-refractivity contribution in [2.45, 2.75) is 20.0 Å². The Hall–Kier alpha value is -1.06. The lowest BCUT2D eigenvalue weighted by molar-refractivity contribution is -0.00911. The Kier molecular flexibility index (Phi) is 3.98. The molecule has 5 heteroatoms. The van der Waals surface area contributed by atoms with Crippen molar-refractivity contribution in [2.75, 3.05) is 6.61 Å². The van der Waals surface area contributed by atoms with E-state index in [0.29, 0.717) is 6.61 Å². The predicted molar refractivity (Wildman–Crippen MR) is 88.2 cm³/mol. The Labute approximate surface area is 130 Å². The average molecular weight is 319 g/mol. The van der Waals surface area contributed by atoms with Gasteiger partial charge in [-0.1, -0.05) is 50.2 Å². The van der Waals surface area contributed by atoms with Gasteiger partial charge in [0, 0.05) is 11.6 Å². The van der Waals surface area contributed by atoms with Crippen molar-refractivity contribution >= 4 is 23.7 Å². The SMILES string of the molecule is CC1(C)COP(=S)(c2ccccn2)O[C@@H]1c1ccccc1. The summed E-state index contributed by atoms with van der Waals surface area (Å²) in [4.78, 5) is 4.35. The molecule has 1 saturated heterocycles. The van der Waals surface area contributed by atoms with Gasteiger partial charge in [-0.05, 0) is 29.5 Å². The number of aromatic nitrogens is 1. The lowest BCUT2D eigenvalue weighted by Gasteiger charge is -2.43. The monoisotopic (exact) mass is 319 g/mol. The number of nitrogens with zero attached hydrogens (tertiary/aromatic N) is 1. The summed E-state index contributed by atoms with van der Waals surface area (Å²) in [5, 5.41) is 0. The quantitative estimate of drug-likeness (QED) is 0.787. The number of rotatable bonds is 2. The van der Waals surface area contributed by atoms with Gasteiger partial charge in [0.1, 0.15) is 5.44 Å². The Morgan fingerprint density at radius 1 is 1.14 bits per heavy atom. The Morgan fingerprint density at radius 2 is 1.86 bits per heavy atom. The molecule has 1 aliphatic heterocycles. The number of benzene rings is 1. The Balaban J connectivity index is 1.98. The highest BCUT2D eigenvalue weighted by atomic mass is 32.5. The molecule has 2 heterocycles. The second kappa shape index (κ2) is 5.62. The minimum Gasteiger partial charge on any atom is -0.324 e. The summed E-state index contributed by atoms with van der Waals surface area (Å²) >= 11 is 5.70. The van der Waals surface area contributed by atoms with Crippen molar-refractivity contribution in [3.05, 3.63) is 60.3 Å². The summed E-state index contributed by atoms with van der Waals surface area (Å²) in [5.74, 6) is 0. The van der Waals surface area contributed by atoms with Crippen LogP contribution in [0.1, 0.15) is 25.5 Å². The van der Waals surface area contributed by atoms with Gasteiger partial charge in [-0.15, -0.1) is 0 Å². The largest absolute Gasteiger partial charge is 0.324 e. The molecule has 21 heavy (non-hydrogen) atoms. The van der Waals surface area contributed by atoms with Crippen LogP contribution in [0.5, 0.6) is 0 Å². The second-order valence-corrected chi connectivity index (χ2v) is 9.21. The lowest BCUT2D eigenvalue weighted by atomic mass is 9.83. The molecule has 1 fully saturated rings. The van der Waals surface area contributed by atoms with Gasteiger partial charge in [0.05, 0.1) is 12.7 Å². The first-order chi connectivity index (χ1) is 10.0. The van der Waals surface area contributed by atoms with Gasteiger partial charge >= 0.3 is 0 Å². The maximum Gasteiger partial charge on any atom is 0.238 e. The molecule has 0 N–H and O–H groups in total. The van der Waals surface area contributed by atoms with Gasteiger partial charge < -0.3 is 9.05 Å². The summed E-state index contributed by atoms with van der Waals surface area (Å²) in [5.41, 5.74) is 1.74. The van der Waals surface area contributed by atoms with E-state index in [1.165, 1.54) is 0 Å². The molecule has 0 aliphatic carbocycles. The molecule has 1 aromatic carbocycles. The summed E-state index contributed by atoms with van der Waals surface area (Å²) in [6.45, 7) is 2.31.